The summed E-state index contributed by atoms with van der Waals surface area (Å²) in [6.07, 6.45) is -0.554. The number of alkyl halides is 1. The average Bonchev–Trinajstić information content (AvgIpc) is 2.19. The Morgan fingerprint density at radius 1 is 1.50 bits per heavy atom. The van der Waals surface area contributed by atoms with E-state index in [2.05, 4.69) is 21.2 Å². The first kappa shape index (κ1) is 11.0. The molecule has 0 heterocycles. The molecule has 0 spiro atoms. The van der Waals surface area contributed by atoms with Crippen LogP contribution in [0.5, 0.6) is 0 Å². The number of anilines is 1. The lowest BCUT2D eigenvalue weighted by atomic mass is 10.3. The van der Waals surface area contributed by atoms with Gasteiger partial charge in [0, 0.05) is 11.0 Å². The van der Waals surface area contributed by atoms with Crippen molar-refractivity contribution in [2.75, 3.05) is 10.6 Å². The zero-order chi connectivity index (χ0) is 10.4. The first-order chi connectivity index (χ1) is 6.72. The molecule has 0 aliphatic rings. The van der Waals surface area contributed by atoms with E-state index in [0.29, 0.717) is 5.33 Å². The first-order valence-electron chi connectivity index (χ1n) is 4.31. The molecule has 0 bridgehead atoms. The zero-order valence-corrected chi connectivity index (χ0v) is 9.45. The van der Waals surface area contributed by atoms with Gasteiger partial charge in [-0.25, -0.2) is 4.79 Å². The van der Waals surface area contributed by atoms with Crippen molar-refractivity contribution in [3.05, 3.63) is 30.3 Å². The van der Waals surface area contributed by atoms with Gasteiger partial charge in [-0.05, 0) is 19.1 Å². The van der Waals surface area contributed by atoms with Gasteiger partial charge in [0.05, 0.1) is 0 Å². The fourth-order valence-electron chi connectivity index (χ4n) is 0.883. The Bertz CT molecular complexity index is 289. The van der Waals surface area contributed by atoms with E-state index in [-0.39, 0.29) is 6.10 Å². The third-order valence-corrected chi connectivity index (χ3v) is 2.46. The van der Waals surface area contributed by atoms with Crippen LogP contribution in [0.15, 0.2) is 30.3 Å². The summed E-state index contributed by atoms with van der Waals surface area (Å²) in [5.74, 6) is 0. The number of carbonyl (C=O) groups is 1. The topological polar surface area (TPSA) is 38.3 Å². The minimum absolute atomic E-state index is 0.126. The molecule has 1 N–H and O–H groups in total. The second-order valence-electron chi connectivity index (χ2n) is 2.86. The van der Waals surface area contributed by atoms with Crippen LogP contribution in [0.4, 0.5) is 10.5 Å². The Kier molecular flexibility index (Phi) is 4.46. The molecule has 1 atom stereocenters. The molecule has 4 heteroatoms. The Hall–Kier alpha value is -1.03. The van der Waals surface area contributed by atoms with Gasteiger partial charge in [-0.1, -0.05) is 34.1 Å². The molecule has 0 saturated carbocycles. The Balaban J connectivity index is 2.42. The van der Waals surface area contributed by atoms with Gasteiger partial charge in [-0.15, -0.1) is 0 Å². The van der Waals surface area contributed by atoms with E-state index >= 15 is 0 Å². The molecule has 0 radical (unpaired) electrons. The van der Waals surface area contributed by atoms with Crippen LogP contribution >= 0.6 is 15.9 Å². The molecular weight excluding hydrogens is 246 g/mol. The van der Waals surface area contributed by atoms with E-state index in [1.807, 2.05) is 25.1 Å². The van der Waals surface area contributed by atoms with Crippen molar-refractivity contribution in [3.63, 3.8) is 0 Å². The molecule has 0 aliphatic carbocycles. The Labute approximate surface area is 91.6 Å². The number of hydrogen-bond donors (Lipinski definition) is 1. The van der Waals surface area contributed by atoms with Gasteiger partial charge in [0.15, 0.2) is 0 Å². The standard InChI is InChI=1S/C10H12BrNO2/c1-8(7-11)14-10(13)12-9-5-3-2-4-6-9/h2-6,8H,7H2,1H3,(H,12,13). The van der Waals surface area contributed by atoms with Crippen molar-refractivity contribution in [1.82, 2.24) is 0 Å². The van der Waals surface area contributed by atoms with Crippen LogP contribution < -0.4 is 5.32 Å². The van der Waals surface area contributed by atoms with Gasteiger partial charge in [-0.3, -0.25) is 5.32 Å². The van der Waals surface area contributed by atoms with Crippen molar-refractivity contribution >= 4 is 27.7 Å². The predicted octanol–water partition coefficient (Wildman–Crippen LogP) is 3.02. The number of benzene rings is 1. The van der Waals surface area contributed by atoms with E-state index in [9.17, 15) is 4.79 Å². The molecule has 76 valence electrons. The number of amides is 1. The molecule has 1 amide bonds. The molecule has 1 aromatic carbocycles. The second kappa shape index (κ2) is 5.65. The van der Waals surface area contributed by atoms with E-state index in [0.717, 1.165) is 5.69 Å². The predicted molar refractivity (Wildman–Crippen MR) is 59.8 cm³/mol. The highest BCUT2D eigenvalue weighted by molar-refractivity contribution is 9.09. The normalized spacial score (nSPS) is 11.9. The maximum Gasteiger partial charge on any atom is 0.411 e. The van der Waals surface area contributed by atoms with E-state index in [1.165, 1.54) is 0 Å². The second-order valence-corrected chi connectivity index (χ2v) is 3.51. The van der Waals surface area contributed by atoms with Crippen LogP contribution in [0.2, 0.25) is 0 Å². The zero-order valence-electron chi connectivity index (χ0n) is 7.87. The lowest BCUT2D eigenvalue weighted by Crippen LogP contribution is -2.20. The average molecular weight is 258 g/mol. The van der Waals surface area contributed by atoms with Gasteiger partial charge in [0.1, 0.15) is 6.10 Å². The van der Waals surface area contributed by atoms with Gasteiger partial charge in [-0.2, -0.15) is 0 Å². The highest BCUT2D eigenvalue weighted by Gasteiger charge is 2.07. The molecule has 1 unspecified atom stereocenters. The molecule has 0 fully saturated rings. The maximum atomic E-state index is 11.2. The first-order valence-corrected chi connectivity index (χ1v) is 5.43. The van der Waals surface area contributed by atoms with Crippen LogP contribution in [0.25, 0.3) is 0 Å². The minimum atomic E-state index is -0.428. The number of ether oxygens (including phenoxy) is 1. The summed E-state index contributed by atoms with van der Waals surface area (Å²) in [6.45, 7) is 1.82. The van der Waals surface area contributed by atoms with Crippen LogP contribution in [0.1, 0.15) is 6.92 Å². The highest BCUT2D eigenvalue weighted by atomic mass is 79.9. The largest absolute Gasteiger partial charge is 0.445 e. The van der Waals surface area contributed by atoms with Crippen LogP contribution in [0, 0.1) is 0 Å². The summed E-state index contributed by atoms with van der Waals surface area (Å²) >= 11 is 3.22. The quantitative estimate of drug-likeness (QED) is 0.846. The highest BCUT2D eigenvalue weighted by Crippen LogP contribution is 2.06. The third kappa shape index (κ3) is 3.79. The Morgan fingerprint density at radius 2 is 2.14 bits per heavy atom. The minimum Gasteiger partial charge on any atom is -0.445 e. The van der Waals surface area contributed by atoms with E-state index in [1.54, 1.807) is 12.1 Å². The number of nitrogens with one attached hydrogen (secondary N) is 1. The van der Waals surface area contributed by atoms with Crippen LogP contribution in [-0.2, 0) is 4.74 Å². The fraction of sp³-hybridized carbons (Fsp3) is 0.300. The summed E-state index contributed by atoms with van der Waals surface area (Å²) in [6, 6.07) is 9.20. The fourth-order valence-corrected chi connectivity index (χ4v) is 1.02. The van der Waals surface area contributed by atoms with Crippen molar-refractivity contribution in [1.29, 1.82) is 0 Å². The summed E-state index contributed by atoms with van der Waals surface area (Å²) in [5.41, 5.74) is 0.735. The van der Waals surface area contributed by atoms with Crippen molar-refractivity contribution in [2.24, 2.45) is 0 Å². The molecule has 0 aliphatic heterocycles. The number of halogens is 1. The number of carbonyl (C=O) groups excluding carboxylic acids is 1. The number of hydrogen-bond acceptors (Lipinski definition) is 2. The summed E-state index contributed by atoms with van der Waals surface area (Å²) in [7, 11) is 0. The lowest BCUT2D eigenvalue weighted by molar-refractivity contribution is 0.132. The van der Waals surface area contributed by atoms with Crippen LogP contribution in [0.3, 0.4) is 0 Å². The summed E-state index contributed by atoms with van der Waals surface area (Å²) in [5, 5.41) is 3.26. The van der Waals surface area contributed by atoms with Gasteiger partial charge in [0.2, 0.25) is 0 Å². The van der Waals surface area contributed by atoms with Gasteiger partial charge in [0.25, 0.3) is 0 Å². The summed E-state index contributed by atoms with van der Waals surface area (Å²) in [4.78, 5) is 11.2. The third-order valence-electron chi connectivity index (χ3n) is 1.55. The van der Waals surface area contributed by atoms with E-state index in [4.69, 9.17) is 4.74 Å². The molecule has 14 heavy (non-hydrogen) atoms. The SMILES string of the molecule is CC(CBr)OC(=O)Nc1ccccc1. The molecule has 1 aromatic rings. The molecule has 3 nitrogen and oxygen atoms in total. The molecule has 0 saturated heterocycles. The molecule has 1 rings (SSSR count). The van der Waals surface area contributed by atoms with Gasteiger partial charge < -0.3 is 4.74 Å². The van der Waals surface area contributed by atoms with Crippen molar-refractivity contribution in [2.45, 2.75) is 13.0 Å². The van der Waals surface area contributed by atoms with Crippen molar-refractivity contribution in [3.8, 4) is 0 Å². The summed E-state index contributed by atoms with van der Waals surface area (Å²) < 4.78 is 5.01. The molecule has 0 aromatic heterocycles. The van der Waals surface area contributed by atoms with Gasteiger partial charge >= 0.3 is 6.09 Å². The Morgan fingerprint density at radius 3 is 2.71 bits per heavy atom. The van der Waals surface area contributed by atoms with Crippen molar-refractivity contribution < 1.29 is 9.53 Å². The van der Waals surface area contributed by atoms with Crippen LogP contribution in [-0.4, -0.2) is 17.5 Å². The lowest BCUT2D eigenvalue weighted by Gasteiger charge is -2.10. The smallest absolute Gasteiger partial charge is 0.411 e. The monoisotopic (exact) mass is 257 g/mol. The maximum absolute atomic E-state index is 11.2. The van der Waals surface area contributed by atoms with E-state index < -0.39 is 6.09 Å². The number of para-hydroxylation sites is 1. The number of rotatable bonds is 3. The molecular formula is C10H12BrNO2.